The van der Waals surface area contributed by atoms with Crippen molar-refractivity contribution in [2.24, 2.45) is 5.73 Å². The molecular weight excluding hydrogens is 1150 g/mol. The van der Waals surface area contributed by atoms with E-state index < -0.39 is 122 Å². The Labute approximate surface area is 507 Å². The molecule has 0 bridgehead atoms. The predicted molar refractivity (Wildman–Crippen MR) is 306 cm³/mol. The van der Waals surface area contributed by atoms with Crippen LogP contribution in [0.4, 0.5) is 0 Å². The topological polar surface area (TPSA) is 385 Å². The van der Waals surface area contributed by atoms with Crippen LogP contribution in [-0.4, -0.2) is 209 Å². The summed E-state index contributed by atoms with van der Waals surface area (Å²) >= 11 is 0. The molecule has 0 aliphatic carbocycles. The Morgan fingerprint density at radius 3 is 1.34 bits per heavy atom. The molecule has 0 saturated carbocycles. The van der Waals surface area contributed by atoms with E-state index in [9.17, 15) is 52.7 Å². The number of carbonyl (C=O) groups excluding carboxylic acids is 11. The lowest BCUT2D eigenvalue weighted by molar-refractivity contribution is -0.292. The molecule has 2 fully saturated rings. The zero-order valence-electron chi connectivity index (χ0n) is 51.3. The highest BCUT2D eigenvalue weighted by molar-refractivity contribution is 5.77. The van der Waals surface area contributed by atoms with E-state index in [0.717, 1.165) is 59.6 Å². The highest BCUT2D eigenvalue weighted by Crippen LogP contribution is 2.29. The summed E-state index contributed by atoms with van der Waals surface area (Å²) in [7, 11) is 0. The molecule has 5 amide bonds. The van der Waals surface area contributed by atoms with Gasteiger partial charge in [0, 0.05) is 127 Å². The molecule has 2 heterocycles. The van der Waals surface area contributed by atoms with Crippen LogP contribution in [0.1, 0.15) is 125 Å². The number of hydroxylamine groups is 2. The average Bonchev–Trinajstić information content (AvgIpc) is 1.19. The fraction of sp³-hybridized carbons (Fsp3) is 0.702. The van der Waals surface area contributed by atoms with Gasteiger partial charge < -0.3 is 69.8 Å². The molecule has 0 radical (unpaired) electrons. The van der Waals surface area contributed by atoms with Gasteiger partial charge in [0.15, 0.2) is 24.4 Å². The second kappa shape index (κ2) is 41.3. The number of unbranched alkanes of at least 4 members (excludes halogenated alkanes) is 1. The maximum atomic E-state index is 14.0. The van der Waals surface area contributed by atoms with Gasteiger partial charge in [0.25, 0.3) is 0 Å². The third kappa shape index (κ3) is 30.5. The van der Waals surface area contributed by atoms with Crippen molar-refractivity contribution in [3.05, 3.63) is 35.9 Å². The highest BCUT2D eigenvalue weighted by atomic mass is 16.8. The molecule has 10 atom stereocenters. The van der Waals surface area contributed by atoms with Crippen molar-refractivity contribution in [1.29, 1.82) is 0 Å². The number of hydrogen-bond donors (Lipinski definition) is 7. The van der Waals surface area contributed by atoms with Crippen LogP contribution < -0.4 is 38.0 Å². The standard InChI is InChI=1S/C57H91N9O21/c1-36(67)63-50-54(82-42(7)73)52(80-40(5)71)45(34-78-38(3)69)84-56(50)86-61-27-15-22-48(76)60-26-18-32-66(31-13-12-29-65(33-44-19-10-9-11-20-44)30-17-25-59-47(75)21-14-24-58)49(77)23-16-28-62-87-57-51(64-37(2)68)55(83-43(8)74)53(81-41(6)72)46(85-57)35-79-39(4)70/h9-11,19-20,45-46,50-57,61-62H,12-18,21-35,58H2,1-8H3,(H,59,75)(H,60,76)(H,63,67)(H,64,68). The molecule has 2 aliphatic heterocycles. The molecule has 2 saturated heterocycles. The van der Waals surface area contributed by atoms with Crippen LogP contribution in [0.3, 0.4) is 0 Å². The van der Waals surface area contributed by atoms with Crippen molar-refractivity contribution >= 4 is 65.4 Å². The SMILES string of the molecule is CC(=O)NC1C(ONCCCC(=O)NCCCN(CCCCN(CCCNC(=O)CCCN)Cc2ccccc2)C(=O)CCCNOC2OC(COC(C)=O)C(OC(C)=O)C(OC(C)=O)C2NC(C)=O)OC(COC(C)=O)C(OC(C)=O)C1OC(C)=O. The molecular formula is C57H91N9O21. The van der Waals surface area contributed by atoms with Crippen LogP contribution in [0.5, 0.6) is 0 Å². The fourth-order valence-corrected chi connectivity index (χ4v) is 9.43. The first-order chi connectivity index (χ1) is 41.5. The van der Waals surface area contributed by atoms with Crippen LogP contribution in [0.25, 0.3) is 0 Å². The van der Waals surface area contributed by atoms with Crippen molar-refractivity contribution in [3.8, 4) is 0 Å². The van der Waals surface area contributed by atoms with Crippen molar-refractivity contribution < 1.29 is 100 Å². The van der Waals surface area contributed by atoms with Crippen LogP contribution in [0, 0.1) is 0 Å². The molecule has 30 nitrogen and oxygen atoms in total. The maximum absolute atomic E-state index is 14.0. The molecule has 30 heteroatoms. The van der Waals surface area contributed by atoms with Gasteiger partial charge in [0.05, 0.1) is 0 Å². The number of nitrogens with zero attached hydrogens (tertiary/aromatic N) is 2. The monoisotopic (exact) mass is 1240 g/mol. The zero-order valence-corrected chi connectivity index (χ0v) is 51.3. The van der Waals surface area contributed by atoms with E-state index in [4.69, 9.17) is 53.3 Å². The highest BCUT2D eigenvalue weighted by Gasteiger charge is 2.53. The Bertz CT molecular complexity index is 2360. The number of nitrogens with two attached hydrogens (primary N) is 1. The fourth-order valence-electron chi connectivity index (χ4n) is 9.43. The smallest absolute Gasteiger partial charge is 0.303 e. The molecule has 3 rings (SSSR count). The van der Waals surface area contributed by atoms with Gasteiger partial charge in [-0.25, -0.2) is 0 Å². The lowest BCUT2D eigenvalue weighted by Gasteiger charge is -2.44. The first-order valence-electron chi connectivity index (χ1n) is 29.3. The molecule has 87 heavy (non-hydrogen) atoms. The number of benzene rings is 1. The second-order valence-corrected chi connectivity index (χ2v) is 20.8. The molecule has 1 aromatic carbocycles. The van der Waals surface area contributed by atoms with Crippen LogP contribution >= 0.6 is 0 Å². The van der Waals surface area contributed by atoms with Crippen molar-refractivity contribution in [2.75, 3.05) is 72.1 Å². The van der Waals surface area contributed by atoms with Gasteiger partial charge in [-0.05, 0) is 63.6 Å². The summed E-state index contributed by atoms with van der Waals surface area (Å²) in [6.07, 6.45) is -6.25. The minimum absolute atomic E-state index is 0.0379. The number of rotatable bonds is 40. The molecule has 0 aromatic heterocycles. The largest absolute Gasteiger partial charge is 0.463 e. The summed E-state index contributed by atoms with van der Waals surface area (Å²) in [6, 6.07) is 7.60. The van der Waals surface area contributed by atoms with Gasteiger partial charge >= 0.3 is 35.8 Å². The molecule has 10 unspecified atom stereocenters. The Morgan fingerprint density at radius 2 is 0.897 bits per heavy atom. The zero-order chi connectivity index (χ0) is 64.3. The van der Waals surface area contributed by atoms with Gasteiger partial charge in [-0.3, -0.25) is 67.3 Å². The van der Waals surface area contributed by atoms with E-state index in [1.807, 2.05) is 18.2 Å². The molecule has 490 valence electrons. The van der Waals surface area contributed by atoms with Gasteiger partial charge in [0.1, 0.15) is 37.5 Å². The first kappa shape index (κ1) is 74.3. The summed E-state index contributed by atoms with van der Waals surface area (Å²) in [6.45, 7) is 12.6. The van der Waals surface area contributed by atoms with Crippen LogP contribution in [0.15, 0.2) is 30.3 Å². The van der Waals surface area contributed by atoms with E-state index in [1.165, 1.54) is 20.8 Å². The molecule has 2 aliphatic rings. The number of nitrogens with one attached hydrogen (secondary N) is 6. The van der Waals surface area contributed by atoms with E-state index in [1.54, 1.807) is 4.90 Å². The van der Waals surface area contributed by atoms with E-state index >= 15 is 0 Å². The first-order valence-corrected chi connectivity index (χ1v) is 29.3. The average molecular weight is 1240 g/mol. The van der Waals surface area contributed by atoms with Gasteiger partial charge in [0.2, 0.25) is 42.1 Å². The van der Waals surface area contributed by atoms with Crippen LogP contribution in [0.2, 0.25) is 0 Å². The molecule has 8 N–H and O–H groups in total. The lowest BCUT2D eigenvalue weighted by Crippen LogP contribution is -2.67. The maximum Gasteiger partial charge on any atom is 0.303 e. The summed E-state index contributed by atoms with van der Waals surface area (Å²) in [5.41, 5.74) is 12.2. The Kier molecular flexibility index (Phi) is 35.3. The molecule has 0 spiro atoms. The quantitative estimate of drug-likeness (QED) is 0.0193. The normalized spacial score (nSPS) is 21.5. The van der Waals surface area contributed by atoms with Gasteiger partial charge in [-0.2, -0.15) is 11.0 Å². The van der Waals surface area contributed by atoms with Crippen molar-refractivity contribution in [3.63, 3.8) is 0 Å². The Hall–Kier alpha value is -6.93. The number of carbonyl (C=O) groups is 11. The van der Waals surface area contributed by atoms with Gasteiger partial charge in [-0.1, -0.05) is 30.3 Å². The summed E-state index contributed by atoms with van der Waals surface area (Å²) in [5.74, 6) is -6.00. The minimum Gasteiger partial charge on any atom is -0.463 e. The predicted octanol–water partition coefficient (Wildman–Crippen LogP) is -0.236. The van der Waals surface area contributed by atoms with Crippen molar-refractivity contribution in [1.82, 2.24) is 42.0 Å². The second-order valence-electron chi connectivity index (χ2n) is 20.8. The number of amides is 5. The minimum atomic E-state index is -1.37. The summed E-state index contributed by atoms with van der Waals surface area (Å²) in [4.78, 5) is 152. The van der Waals surface area contributed by atoms with E-state index in [0.29, 0.717) is 65.0 Å². The summed E-state index contributed by atoms with van der Waals surface area (Å²) < 4.78 is 44.2. The Morgan fingerprint density at radius 1 is 0.483 bits per heavy atom. The Balaban J connectivity index is 1.66. The number of hydrogen-bond acceptors (Lipinski definition) is 25. The third-order valence-corrected chi connectivity index (χ3v) is 13.2. The van der Waals surface area contributed by atoms with Gasteiger partial charge in [-0.15, -0.1) is 0 Å². The van der Waals surface area contributed by atoms with Crippen LogP contribution in [-0.2, 0) is 107 Å². The van der Waals surface area contributed by atoms with E-state index in [-0.39, 0.29) is 63.0 Å². The van der Waals surface area contributed by atoms with Crippen molar-refractivity contribution in [2.45, 2.75) is 187 Å². The van der Waals surface area contributed by atoms with E-state index in [2.05, 4.69) is 49.3 Å². The summed E-state index contributed by atoms with van der Waals surface area (Å²) in [5, 5.41) is 11.1. The number of ether oxygens (including phenoxy) is 8. The molecule has 1 aromatic rings. The number of esters is 6. The third-order valence-electron chi connectivity index (χ3n) is 13.2. The lowest BCUT2D eigenvalue weighted by atomic mass is 9.96.